The van der Waals surface area contributed by atoms with Gasteiger partial charge in [-0.3, -0.25) is 4.79 Å². The van der Waals surface area contributed by atoms with Gasteiger partial charge in [0.15, 0.2) is 0 Å². The summed E-state index contributed by atoms with van der Waals surface area (Å²) in [6, 6.07) is 5.29. The summed E-state index contributed by atoms with van der Waals surface area (Å²) < 4.78 is 0. The Hall–Kier alpha value is -1.55. The molecule has 1 fully saturated rings. The quantitative estimate of drug-likeness (QED) is 0.729. The fraction of sp³-hybridized carbons (Fsp3) is 0.533. The van der Waals surface area contributed by atoms with Crippen LogP contribution in [0.4, 0.5) is 5.69 Å². The van der Waals surface area contributed by atoms with Crippen LogP contribution >= 0.6 is 0 Å². The number of anilines is 1. The molecule has 4 N–H and O–H groups in total. The highest BCUT2D eigenvalue weighted by Crippen LogP contribution is 2.27. The number of carbonyl (C=O) groups excluding carboxylic acids is 1. The number of hydrogen-bond donors (Lipinski definition) is 3. The lowest BCUT2D eigenvalue weighted by Crippen LogP contribution is -2.44. The second-order valence-corrected chi connectivity index (χ2v) is 5.54. The van der Waals surface area contributed by atoms with Crippen LogP contribution in [0.5, 0.6) is 0 Å². The van der Waals surface area contributed by atoms with E-state index in [-0.39, 0.29) is 5.91 Å². The topological polar surface area (TPSA) is 75.4 Å². The van der Waals surface area contributed by atoms with E-state index in [4.69, 9.17) is 5.73 Å². The number of amides is 1. The molecule has 0 spiro atoms. The van der Waals surface area contributed by atoms with Gasteiger partial charge in [0.2, 0.25) is 0 Å². The summed E-state index contributed by atoms with van der Waals surface area (Å²) in [5, 5.41) is 13.2. The second kappa shape index (κ2) is 5.61. The van der Waals surface area contributed by atoms with Crippen molar-refractivity contribution in [3.63, 3.8) is 0 Å². The van der Waals surface area contributed by atoms with E-state index in [1.165, 1.54) is 6.42 Å². The van der Waals surface area contributed by atoms with E-state index in [9.17, 15) is 9.90 Å². The van der Waals surface area contributed by atoms with Crippen LogP contribution in [0.25, 0.3) is 0 Å². The summed E-state index contributed by atoms with van der Waals surface area (Å²) in [5.74, 6) is -0.163. The summed E-state index contributed by atoms with van der Waals surface area (Å²) in [4.78, 5) is 12.1. The fourth-order valence-electron chi connectivity index (χ4n) is 2.61. The van der Waals surface area contributed by atoms with Crippen molar-refractivity contribution in [1.82, 2.24) is 5.32 Å². The Balaban J connectivity index is 1.99. The van der Waals surface area contributed by atoms with E-state index in [2.05, 4.69) is 5.32 Å². The Labute approximate surface area is 114 Å². The average molecular weight is 262 g/mol. The van der Waals surface area contributed by atoms with Gasteiger partial charge in [0, 0.05) is 17.8 Å². The van der Waals surface area contributed by atoms with Crippen LogP contribution in [0.15, 0.2) is 18.2 Å². The van der Waals surface area contributed by atoms with Crippen molar-refractivity contribution >= 4 is 11.6 Å². The number of carbonyl (C=O) groups is 1. The van der Waals surface area contributed by atoms with Crippen LogP contribution in [0, 0.1) is 6.92 Å². The monoisotopic (exact) mass is 262 g/mol. The molecule has 0 heterocycles. The molecule has 0 unspecified atom stereocenters. The van der Waals surface area contributed by atoms with E-state index in [0.717, 1.165) is 31.2 Å². The molecule has 2 rings (SSSR count). The number of rotatable bonds is 3. The molecule has 0 aliphatic heterocycles. The normalized spacial score (nSPS) is 18.0. The van der Waals surface area contributed by atoms with Gasteiger partial charge < -0.3 is 16.2 Å². The maximum atomic E-state index is 12.1. The SMILES string of the molecule is Cc1ccc(N)cc1C(=O)NCC1(O)CCCCC1. The molecule has 1 saturated carbocycles. The highest BCUT2D eigenvalue weighted by Gasteiger charge is 2.29. The molecule has 0 saturated heterocycles. The zero-order valence-corrected chi connectivity index (χ0v) is 11.4. The molecule has 1 amide bonds. The molecule has 104 valence electrons. The first-order chi connectivity index (χ1) is 9.00. The van der Waals surface area contributed by atoms with Crippen LogP contribution in [-0.4, -0.2) is 23.2 Å². The summed E-state index contributed by atoms with van der Waals surface area (Å²) in [5.41, 5.74) is 7.02. The van der Waals surface area contributed by atoms with E-state index in [0.29, 0.717) is 17.8 Å². The minimum Gasteiger partial charge on any atom is -0.399 e. The fourth-order valence-corrected chi connectivity index (χ4v) is 2.61. The first kappa shape index (κ1) is 13.9. The van der Waals surface area contributed by atoms with E-state index < -0.39 is 5.60 Å². The van der Waals surface area contributed by atoms with Crippen LogP contribution in [-0.2, 0) is 0 Å². The highest BCUT2D eigenvalue weighted by molar-refractivity contribution is 5.96. The second-order valence-electron chi connectivity index (χ2n) is 5.54. The Morgan fingerprint density at radius 3 is 2.74 bits per heavy atom. The van der Waals surface area contributed by atoms with Crippen molar-refractivity contribution in [2.75, 3.05) is 12.3 Å². The van der Waals surface area contributed by atoms with Gasteiger partial charge in [0.25, 0.3) is 5.91 Å². The number of nitrogen functional groups attached to an aromatic ring is 1. The molecule has 0 atom stereocenters. The van der Waals surface area contributed by atoms with Crippen molar-refractivity contribution in [1.29, 1.82) is 0 Å². The summed E-state index contributed by atoms with van der Waals surface area (Å²) in [6.07, 6.45) is 4.77. The van der Waals surface area contributed by atoms with Crippen molar-refractivity contribution in [3.05, 3.63) is 29.3 Å². The van der Waals surface area contributed by atoms with Gasteiger partial charge in [-0.25, -0.2) is 0 Å². The predicted octanol–water partition coefficient (Wildman–Crippen LogP) is 2.00. The third-order valence-corrected chi connectivity index (χ3v) is 3.87. The van der Waals surface area contributed by atoms with Gasteiger partial charge in [-0.15, -0.1) is 0 Å². The number of nitrogens with one attached hydrogen (secondary N) is 1. The predicted molar refractivity (Wildman–Crippen MR) is 76.0 cm³/mol. The third-order valence-electron chi connectivity index (χ3n) is 3.87. The maximum absolute atomic E-state index is 12.1. The van der Waals surface area contributed by atoms with Crippen LogP contribution in [0.3, 0.4) is 0 Å². The van der Waals surface area contributed by atoms with Crippen LogP contribution in [0.2, 0.25) is 0 Å². The van der Waals surface area contributed by atoms with Gasteiger partial charge in [-0.2, -0.15) is 0 Å². The van der Waals surface area contributed by atoms with E-state index in [1.54, 1.807) is 12.1 Å². The van der Waals surface area contributed by atoms with Crippen LogP contribution in [0.1, 0.15) is 48.0 Å². The standard InChI is InChI=1S/C15H22N2O2/c1-11-5-6-12(16)9-13(11)14(18)17-10-15(19)7-3-2-4-8-15/h5-6,9,19H,2-4,7-8,10,16H2,1H3,(H,17,18). The molecule has 4 heteroatoms. The Kier molecular flexibility index (Phi) is 4.10. The molecule has 1 aromatic rings. The molecule has 0 radical (unpaired) electrons. The first-order valence-electron chi connectivity index (χ1n) is 6.87. The first-order valence-corrected chi connectivity index (χ1v) is 6.87. The number of aryl methyl sites for hydroxylation is 1. The van der Waals surface area contributed by atoms with Gasteiger partial charge in [-0.1, -0.05) is 25.3 Å². The Morgan fingerprint density at radius 2 is 2.05 bits per heavy atom. The third kappa shape index (κ3) is 3.47. The number of benzene rings is 1. The van der Waals surface area contributed by atoms with Crippen molar-refractivity contribution in [2.24, 2.45) is 0 Å². The largest absolute Gasteiger partial charge is 0.399 e. The lowest BCUT2D eigenvalue weighted by atomic mass is 9.85. The molecule has 4 nitrogen and oxygen atoms in total. The summed E-state index contributed by atoms with van der Waals surface area (Å²) in [6.45, 7) is 2.20. The van der Waals surface area contributed by atoms with Crippen molar-refractivity contribution < 1.29 is 9.90 Å². The Morgan fingerprint density at radius 1 is 1.37 bits per heavy atom. The lowest BCUT2D eigenvalue weighted by Gasteiger charge is -2.32. The zero-order valence-electron chi connectivity index (χ0n) is 11.4. The summed E-state index contributed by atoms with van der Waals surface area (Å²) >= 11 is 0. The molecular formula is C15H22N2O2. The van der Waals surface area contributed by atoms with E-state index in [1.807, 2.05) is 13.0 Å². The minimum atomic E-state index is -0.734. The minimum absolute atomic E-state index is 0.163. The molecule has 0 bridgehead atoms. The average Bonchev–Trinajstić information content (AvgIpc) is 2.40. The number of nitrogens with two attached hydrogens (primary N) is 1. The molecule has 1 aliphatic carbocycles. The lowest BCUT2D eigenvalue weighted by molar-refractivity contribution is 0.00525. The molecule has 1 aliphatic rings. The van der Waals surface area contributed by atoms with Gasteiger partial charge in [-0.05, 0) is 37.5 Å². The van der Waals surface area contributed by atoms with Crippen molar-refractivity contribution in [2.45, 2.75) is 44.6 Å². The number of aliphatic hydroxyl groups is 1. The van der Waals surface area contributed by atoms with Crippen molar-refractivity contribution in [3.8, 4) is 0 Å². The van der Waals surface area contributed by atoms with E-state index >= 15 is 0 Å². The van der Waals surface area contributed by atoms with Gasteiger partial charge >= 0.3 is 0 Å². The number of hydrogen-bond acceptors (Lipinski definition) is 3. The Bertz CT molecular complexity index is 465. The zero-order chi connectivity index (χ0) is 13.9. The molecule has 19 heavy (non-hydrogen) atoms. The molecule has 0 aromatic heterocycles. The summed E-state index contributed by atoms with van der Waals surface area (Å²) in [7, 11) is 0. The van der Waals surface area contributed by atoms with Crippen LogP contribution < -0.4 is 11.1 Å². The maximum Gasteiger partial charge on any atom is 0.251 e. The molecule has 1 aromatic carbocycles. The highest BCUT2D eigenvalue weighted by atomic mass is 16.3. The van der Waals surface area contributed by atoms with Gasteiger partial charge in [0.05, 0.1) is 5.60 Å². The molecular weight excluding hydrogens is 240 g/mol. The smallest absolute Gasteiger partial charge is 0.251 e. The van der Waals surface area contributed by atoms with Gasteiger partial charge in [0.1, 0.15) is 0 Å².